The van der Waals surface area contributed by atoms with Crippen LogP contribution in [-0.2, 0) is 10.2 Å². The lowest BCUT2D eigenvalue weighted by molar-refractivity contribution is 0.101. The molecule has 1 amide bonds. The molecule has 0 saturated carbocycles. The topological polar surface area (TPSA) is 174 Å². The number of carbonyl (C=O) groups is 2. The van der Waals surface area contributed by atoms with E-state index in [-0.39, 0.29) is 28.7 Å². The van der Waals surface area contributed by atoms with Gasteiger partial charge in [0.05, 0.1) is 23.0 Å². The Hall–Kier alpha value is -5.46. The number of amides is 1. The first-order valence-electron chi connectivity index (χ1n) is 15.6. The van der Waals surface area contributed by atoms with Crippen LogP contribution in [0.1, 0.15) is 46.0 Å². The third-order valence-corrected chi connectivity index (χ3v) is 10.0. The number of H-pyrrole nitrogens is 1. The number of carbonyl (C=O) groups excluding carboxylic acids is 2. The van der Waals surface area contributed by atoms with E-state index in [1.807, 2.05) is 14.9 Å². The van der Waals surface area contributed by atoms with Gasteiger partial charge in [0.1, 0.15) is 22.8 Å². The summed E-state index contributed by atoms with van der Waals surface area (Å²) in [7, 11) is -3.07. The van der Waals surface area contributed by atoms with Crippen LogP contribution in [0.5, 0.6) is 0 Å². The van der Waals surface area contributed by atoms with Crippen molar-refractivity contribution in [2.75, 3.05) is 41.6 Å². The smallest absolute Gasteiger partial charge is 0.301 e. The molecule has 0 unspecified atom stereocenters. The third kappa shape index (κ3) is 6.84. The molecule has 0 atom stereocenters. The third-order valence-electron chi connectivity index (χ3n) is 8.49. The van der Waals surface area contributed by atoms with E-state index in [9.17, 15) is 27.5 Å². The Labute approximate surface area is 288 Å². The van der Waals surface area contributed by atoms with Crippen LogP contribution in [0.2, 0.25) is 0 Å². The molecule has 3 aromatic heterocycles. The van der Waals surface area contributed by atoms with Gasteiger partial charge in [0.25, 0.3) is 5.91 Å². The van der Waals surface area contributed by atoms with Crippen LogP contribution in [0.15, 0.2) is 55.1 Å². The summed E-state index contributed by atoms with van der Waals surface area (Å²) in [5.41, 5.74) is -3.41. The van der Waals surface area contributed by atoms with Gasteiger partial charge in [-0.05, 0) is 43.2 Å². The Kier molecular flexibility index (Phi) is 9.74. The fourth-order valence-electron chi connectivity index (χ4n) is 5.55. The molecule has 13 nitrogen and oxygen atoms in total. The van der Waals surface area contributed by atoms with Gasteiger partial charge in [0.2, 0.25) is 5.95 Å². The maximum atomic E-state index is 16.1. The highest BCUT2D eigenvalue weighted by Gasteiger charge is 2.30. The summed E-state index contributed by atoms with van der Waals surface area (Å²) in [6.45, 7) is 2.60. The van der Waals surface area contributed by atoms with Crippen LogP contribution >= 0.6 is 0 Å². The number of aromatic amines is 1. The van der Waals surface area contributed by atoms with E-state index >= 15 is 13.2 Å². The predicted molar refractivity (Wildman–Crippen MR) is 180 cm³/mol. The average molecular weight is 727 g/mol. The number of benzene rings is 2. The molecule has 4 N–H and O–H groups in total. The molecule has 0 bridgehead atoms. The fourth-order valence-corrected chi connectivity index (χ4v) is 6.49. The van der Waals surface area contributed by atoms with Crippen LogP contribution in [0.3, 0.4) is 0 Å². The van der Waals surface area contributed by atoms with E-state index in [0.717, 1.165) is 16.4 Å². The van der Waals surface area contributed by atoms with Crippen molar-refractivity contribution in [1.29, 1.82) is 0 Å². The minimum atomic E-state index is -4.27. The van der Waals surface area contributed by atoms with Gasteiger partial charge in [-0.1, -0.05) is 6.92 Å². The predicted octanol–water partition coefficient (Wildman–Crippen LogP) is 4.63. The summed E-state index contributed by atoms with van der Waals surface area (Å²) in [4.78, 5) is 45.1. The van der Waals surface area contributed by atoms with Crippen LogP contribution in [0, 0.1) is 23.3 Å². The Morgan fingerprint density at radius 3 is 2.22 bits per heavy atom. The number of aromatic nitrogens is 4. The minimum Gasteiger partial charge on any atom is -0.393 e. The summed E-state index contributed by atoms with van der Waals surface area (Å²) in [5, 5.41) is 12.0. The zero-order valence-electron chi connectivity index (χ0n) is 27.0. The van der Waals surface area contributed by atoms with Gasteiger partial charge < -0.3 is 20.3 Å². The van der Waals surface area contributed by atoms with Crippen molar-refractivity contribution in [3.63, 3.8) is 0 Å². The number of anilines is 3. The van der Waals surface area contributed by atoms with Gasteiger partial charge in [-0.15, -0.1) is 0 Å². The first kappa shape index (κ1) is 35.4. The molecular formula is C33H30F4N8O5S. The highest BCUT2D eigenvalue weighted by molar-refractivity contribution is 7.90. The number of rotatable bonds is 10. The van der Waals surface area contributed by atoms with E-state index < -0.39 is 73.8 Å². The molecule has 0 radical (unpaired) electrons. The van der Waals surface area contributed by atoms with Crippen LogP contribution in [0.25, 0.3) is 22.2 Å². The molecular weight excluding hydrogens is 696 g/mol. The molecule has 1 aliphatic rings. The van der Waals surface area contributed by atoms with Crippen molar-refractivity contribution in [2.45, 2.75) is 25.9 Å². The summed E-state index contributed by atoms with van der Waals surface area (Å²) < 4.78 is 89.2. The number of aliphatic hydroxyl groups excluding tert-OH is 1. The van der Waals surface area contributed by atoms with Gasteiger partial charge >= 0.3 is 10.2 Å². The summed E-state index contributed by atoms with van der Waals surface area (Å²) in [6.07, 6.45) is 6.33. The molecule has 51 heavy (non-hydrogen) atoms. The number of hydrogen-bond acceptors (Lipinski definition) is 9. The summed E-state index contributed by atoms with van der Waals surface area (Å²) in [5.74, 6) is -8.14. The number of hydrogen-bond donors (Lipinski definition) is 4. The molecule has 1 saturated heterocycles. The zero-order chi connectivity index (χ0) is 36.6. The lowest BCUT2D eigenvalue weighted by atomic mass is 9.93. The van der Waals surface area contributed by atoms with E-state index in [1.54, 1.807) is 0 Å². The van der Waals surface area contributed by atoms with Crippen molar-refractivity contribution >= 4 is 50.3 Å². The average Bonchev–Trinajstić information content (AvgIpc) is 3.59. The van der Waals surface area contributed by atoms with Gasteiger partial charge in [-0.25, -0.2) is 32.5 Å². The maximum Gasteiger partial charge on any atom is 0.301 e. The largest absolute Gasteiger partial charge is 0.393 e. The molecule has 6 rings (SSSR count). The van der Waals surface area contributed by atoms with Crippen LogP contribution in [0.4, 0.5) is 34.9 Å². The second-order valence-corrected chi connectivity index (χ2v) is 13.4. The standard InChI is InChI=1S/C33H30F4N8O5S/c1-3-44(2)51(49,50)43-24-7-5-22(35)27(29(24)37)32(48)42-23-6-4-21(34)26(28(23)36)30(47)25-19-8-11-38-31(19)39-16-20(25)17-14-40-33(41-15-17)45-12-9-18(46)10-13-45/h4-8,11,14-16,18,43,46H,3,9-10,12-13H2,1-2H3,(H,38,39)(H,42,48). The number of piperidine rings is 1. The summed E-state index contributed by atoms with van der Waals surface area (Å²) >= 11 is 0. The quantitative estimate of drug-likeness (QED) is 0.118. The normalized spacial score (nSPS) is 13.9. The van der Waals surface area contributed by atoms with Gasteiger partial charge in [-0.2, -0.15) is 12.7 Å². The molecule has 0 aliphatic carbocycles. The first-order chi connectivity index (χ1) is 24.3. The van der Waals surface area contributed by atoms with Crippen molar-refractivity contribution in [2.24, 2.45) is 0 Å². The molecule has 5 aromatic rings. The second kappa shape index (κ2) is 14.0. The SMILES string of the molecule is CCN(C)S(=O)(=O)Nc1ccc(F)c(C(=O)Nc2ccc(F)c(C(=O)c3c(-c4cnc(N5CCC(O)CC5)nc4)cnc4[nH]ccc34)c2F)c1F. The zero-order valence-corrected chi connectivity index (χ0v) is 27.9. The highest BCUT2D eigenvalue weighted by Crippen LogP contribution is 2.34. The van der Waals surface area contributed by atoms with Crippen molar-refractivity contribution in [3.8, 4) is 11.1 Å². The fraction of sp³-hybridized carbons (Fsp3) is 0.242. The molecule has 1 fully saturated rings. The highest BCUT2D eigenvalue weighted by atomic mass is 32.2. The Bertz CT molecular complexity index is 2260. The molecule has 266 valence electrons. The van der Waals surface area contributed by atoms with Crippen LogP contribution in [-0.4, -0.2) is 82.2 Å². The van der Waals surface area contributed by atoms with Crippen molar-refractivity contribution < 1.29 is 40.7 Å². The Balaban J connectivity index is 1.35. The molecule has 2 aromatic carbocycles. The Morgan fingerprint density at radius 2 is 1.55 bits per heavy atom. The molecule has 1 aliphatic heterocycles. The van der Waals surface area contributed by atoms with Crippen molar-refractivity contribution in [1.82, 2.24) is 24.2 Å². The first-order valence-corrected chi connectivity index (χ1v) is 17.0. The summed E-state index contributed by atoms with van der Waals surface area (Å²) in [6, 6.07) is 4.36. The lowest BCUT2D eigenvalue weighted by Gasteiger charge is -2.29. The van der Waals surface area contributed by atoms with Crippen molar-refractivity contribution in [3.05, 3.63) is 95.1 Å². The monoisotopic (exact) mass is 726 g/mol. The van der Waals surface area contributed by atoms with E-state index in [4.69, 9.17) is 0 Å². The van der Waals surface area contributed by atoms with Gasteiger partial charge in [-0.3, -0.25) is 14.3 Å². The number of ketones is 1. The number of pyridine rings is 1. The molecule has 0 spiro atoms. The van der Waals surface area contributed by atoms with E-state index in [2.05, 4.69) is 19.9 Å². The maximum absolute atomic E-state index is 16.1. The minimum absolute atomic E-state index is 0.0121. The number of nitrogens with zero attached hydrogens (tertiary/aromatic N) is 5. The van der Waals surface area contributed by atoms with Gasteiger partial charge in [0, 0.05) is 73.5 Å². The lowest BCUT2D eigenvalue weighted by Crippen LogP contribution is -2.36. The second-order valence-electron chi connectivity index (χ2n) is 11.6. The van der Waals surface area contributed by atoms with E-state index in [1.165, 1.54) is 44.8 Å². The Morgan fingerprint density at radius 1 is 0.922 bits per heavy atom. The van der Waals surface area contributed by atoms with E-state index in [0.29, 0.717) is 49.6 Å². The molecule has 18 heteroatoms. The number of aliphatic hydroxyl groups is 1. The number of fused-ring (bicyclic) bond motifs is 1. The number of nitrogens with one attached hydrogen (secondary N) is 3. The number of halogens is 4. The van der Waals surface area contributed by atoms with Gasteiger partial charge in [0.15, 0.2) is 17.4 Å². The van der Waals surface area contributed by atoms with Crippen LogP contribution < -0.4 is 14.9 Å². The molecule has 4 heterocycles.